The highest BCUT2D eigenvalue weighted by molar-refractivity contribution is 5.84. The molecule has 1 heterocycles. The van der Waals surface area contributed by atoms with Crippen LogP contribution in [0.5, 0.6) is 0 Å². The number of amides is 1. The molecule has 1 amide bonds. The fourth-order valence-electron chi connectivity index (χ4n) is 2.56. The number of ether oxygens (including phenoxy) is 1. The summed E-state index contributed by atoms with van der Waals surface area (Å²) in [7, 11) is 1.59. The number of rotatable bonds is 6. The van der Waals surface area contributed by atoms with Crippen LogP contribution in [-0.2, 0) is 9.53 Å². The Morgan fingerprint density at radius 1 is 1.35 bits per heavy atom. The second kappa shape index (κ2) is 7.61. The van der Waals surface area contributed by atoms with Crippen LogP contribution in [0.1, 0.15) is 40.0 Å². The minimum Gasteiger partial charge on any atom is -0.369 e. The SMILES string of the molecule is CCCC(C#N)N1CCN(C(=O)C(C)(CC)OC)CC1. The van der Waals surface area contributed by atoms with Crippen molar-refractivity contribution in [2.24, 2.45) is 0 Å². The van der Waals surface area contributed by atoms with Gasteiger partial charge < -0.3 is 9.64 Å². The third kappa shape index (κ3) is 3.71. The number of nitriles is 1. The van der Waals surface area contributed by atoms with Crippen molar-refractivity contribution >= 4 is 5.91 Å². The number of piperazine rings is 1. The molecule has 0 aromatic carbocycles. The Bertz CT molecular complexity index is 353. The normalized spacial score (nSPS) is 21.1. The van der Waals surface area contributed by atoms with Gasteiger partial charge in [0.05, 0.1) is 12.1 Å². The van der Waals surface area contributed by atoms with Crippen LogP contribution in [0.3, 0.4) is 0 Å². The van der Waals surface area contributed by atoms with Gasteiger partial charge in [0, 0.05) is 33.3 Å². The fourth-order valence-corrected chi connectivity index (χ4v) is 2.56. The summed E-state index contributed by atoms with van der Waals surface area (Å²) in [4.78, 5) is 16.5. The smallest absolute Gasteiger partial charge is 0.254 e. The van der Waals surface area contributed by atoms with Crippen molar-refractivity contribution in [1.82, 2.24) is 9.80 Å². The van der Waals surface area contributed by atoms with E-state index in [2.05, 4.69) is 17.9 Å². The van der Waals surface area contributed by atoms with Crippen molar-refractivity contribution in [2.75, 3.05) is 33.3 Å². The number of methoxy groups -OCH3 is 1. The number of carbonyl (C=O) groups excluding carboxylic acids is 1. The van der Waals surface area contributed by atoms with E-state index in [1.165, 1.54) is 0 Å². The lowest BCUT2D eigenvalue weighted by Gasteiger charge is -2.40. The third-order valence-electron chi connectivity index (χ3n) is 4.33. The van der Waals surface area contributed by atoms with Gasteiger partial charge in [0.1, 0.15) is 5.60 Å². The lowest BCUT2D eigenvalue weighted by molar-refractivity contribution is -0.155. The lowest BCUT2D eigenvalue weighted by Crippen LogP contribution is -2.56. The molecule has 5 heteroatoms. The van der Waals surface area contributed by atoms with E-state index in [1.54, 1.807) is 7.11 Å². The van der Waals surface area contributed by atoms with Crippen molar-refractivity contribution in [2.45, 2.75) is 51.7 Å². The molecule has 0 spiro atoms. The minimum atomic E-state index is -0.722. The number of carbonyl (C=O) groups is 1. The molecule has 1 aliphatic heterocycles. The predicted molar refractivity (Wildman–Crippen MR) is 78.2 cm³/mol. The van der Waals surface area contributed by atoms with E-state index in [4.69, 9.17) is 4.74 Å². The molecule has 5 nitrogen and oxygen atoms in total. The van der Waals surface area contributed by atoms with Gasteiger partial charge in [-0.3, -0.25) is 9.69 Å². The van der Waals surface area contributed by atoms with Crippen molar-refractivity contribution < 1.29 is 9.53 Å². The largest absolute Gasteiger partial charge is 0.369 e. The van der Waals surface area contributed by atoms with E-state index in [9.17, 15) is 10.1 Å². The molecule has 0 N–H and O–H groups in total. The van der Waals surface area contributed by atoms with Crippen molar-refractivity contribution in [1.29, 1.82) is 5.26 Å². The first-order valence-electron chi connectivity index (χ1n) is 7.50. The Morgan fingerprint density at radius 3 is 2.35 bits per heavy atom. The average molecular weight is 281 g/mol. The van der Waals surface area contributed by atoms with Gasteiger partial charge in [0.25, 0.3) is 5.91 Å². The number of nitrogens with zero attached hydrogens (tertiary/aromatic N) is 3. The molecule has 2 atom stereocenters. The lowest BCUT2D eigenvalue weighted by atomic mass is 10.0. The van der Waals surface area contributed by atoms with Gasteiger partial charge in [0.15, 0.2) is 0 Å². The van der Waals surface area contributed by atoms with Crippen molar-refractivity contribution in [3.05, 3.63) is 0 Å². The molecule has 114 valence electrons. The highest BCUT2D eigenvalue weighted by Crippen LogP contribution is 2.19. The molecule has 0 aromatic heterocycles. The Morgan fingerprint density at radius 2 is 1.95 bits per heavy atom. The van der Waals surface area contributed by atoms with Crippen LogP contribution in [0.2, 0.25) is 0 Å². The molecule has 20 heavy (non-hydrogen) atoms. The fraction of sp³-hybridized carbons (Fsp3) is 0.867. The first-order chi connectivity index (χ1) is 9.52. The van der Waals surface area contributed by atoms with E-state index >= 15 is 0 Å². The topological polar surface area (TPSA) is 56.6 Å². The molecule has 2 unspecified atom stereocenters. The van der Waals surface area contributed by atoms with Gasteiger partial charge in [-0.2, -0.15) is 5.26 Å². The van der Waals surface area contributed by atoms with Gasteiger partial charge >= 0.3 is 0 Å². The quantitative estimate of drug-likeness (QED) is 0.742. The molecule has 0 saturated carbocycles. The minimum absolute atomic E-state index is 0.0164. The maximum absolute atomic E-state index is 12.5. The Balaban J connectivity index is 2.58. The van der Waals surface area contributed by atoms with Gasteiger partial charge in [-0.05, 0) is 19.8 Å². The molecule has 1 fully saturated rings. The Kier molecular flexibility index (Phi) is 6.44. The summed E-state index contributed by atoms with van der Waals surface area (Å²) < 4.78 is 5.38. The third-order valence-corrected chi connectivity index (χ3v) is 4.33. The molecule has 1 saturated heterocycles. The first kappa shape index (κ1) is 16.9. The van der Waals surface area contributed by atoms with E-state index in [1.807, 2.05) is 18.7 Å². The van der Waals surface area contributed by atoms with Gasteiger partial charge in [0.2, 0.25) is 0 Å². The van der Waals surface area contributed by atoms with Crippen LogP contribution in [-0.4, -0.2) is 60.6 Å². The summed E-state index contributed by atoms with van der Waals surface area (Å²) in [6.07, 6.45) is 2.57. The maximum Gasteiger partial charge on any atom is 0.254 e. The molecule has 1 aliphatic rings. The van der Waals surface area contributed by atoms with Crippen molar-refractivity contribution in [3.63, 3.8) is 0 Å². The van der Waals surface area contributed by atoms with E-state index in [0.29, 0.717) is 19.5 Å². The maximum atomic E-state index is 12.5. The highest BCUT2D eigenvalue weighted by Gasteiger charge is 2.36. The summed E-state index contributed by atoms with van der Waals surface area (Å²) in [5.74, 6) is 0.0612. The van der Waals surface area contributed by atoms with Gasteiger partial charge in [-0.25, -0.2) is 0 Å². The molecule has 0 radical (unpaired) electrons. The summed E-state index contributed by atoms with van der Waals surface area (Å²) in [6, 6.07) is 2.35. The summed E-state index contributed by atoms with van der Waals surface area (Å²) >= 11 is 0. The summed E-state index contributed by atoms with van der Waals surface area (Å²) in [5, 5.41) is 9.20. The molecule has 0 aliphatic carbocycles. The molecule has 0 aromatic rings. The number of hydrogen-bond acceptors (Lipinski definition) is 4. The zero-order valence-electron chi connectivity index (χ0n) is 13.2. The second-order valence-electron chi connectivity index (χ2n) is 5.55. The summed E-state index contributed by atoms with van der Waals surface area (Å²) in [6.45, 7) is 8.80. The van der Waals surface area contributed by atoms with Crippen LogP contribution >= 0.6 is 0 Å². The zero-order valence-corrected chi connectivity index (χ0v) is 13.2. The van der Waals surface area contributed by atoms with Crippen LogP contribution in [0.15, 0.2) is 0 Å². The Hall–Kier alpha value is -1.12. The predicted octanol–water partition coefficient (Wildman–Crippen LogP) is 1.64. The standard InChI is InChI=1S/C15H27N3O2/c1-5-7-13(12-16)17-8-10-18(11-9-17)14(19)15(3,6-2)20-4/h13H,5-11H2,1-4H3. The second-order valence-corrected chi connectivity index (χ2v) is 5.55. The van der Waals surface area contributed by atoms with Crippen LogP contribution in [0.4, 0.5) is 0 Å². The van der Waals surface area contributed by atoms with Crippen molar-refractivity contribution in [3.8, 4) is 6.07 Å². The van der Waals surface area contributed by atoms with Crippen LogP contribution in [0, 0.1) is 11.3 Å². The first-order valence-corrected chi connectivity index (χ1v) is 7.50. The molecular formula is C15H27N3O2. The summed E-state index contributed by atoms with van der Waals surface area (Å²) in [5.41, 5.74) is -0.722. The molecular weight excluding hydrogens is 254 g/mol. The Labute approximate surface area is 122 Å². The van der Waals surface area contributed by atoms with Crippen LogP contribution < -0.4 is 0 Å². The van der Waals surface area contributed by atoms with E-state index in [-0.39, 0.29) is 11.9 Å². The van der Waals surface area contributed by atoms with Gasteiger partial charge in [-0.15, -0.1) is 0 Å². The van der Waals surface area contributed by atoms with E-state index < -0.39 is 5.60 Å². The average Bonchev–Trinajstić information content (AvgIpc) is 2.51. The highest BCUT2D eigenvalue weighted by atomic mass is 16.5. The molecule has 0 bridgehead atoms. The number of hydrogen-bond donors (Lipinski definition) is 0. The molecule has 1 rings (SSSR count). The monoisotopic (exact) mass is 281 g/mol. The zero-order chi connectivity index (χ0) is 15.2. The van der Waals surface area contributed by atoms with Crippen LogP contribution in [0.25, 0.3) is 0 Å². The van der Waals surface area contributed by atoms with E-state index in [0.717, 1.165) is 25.9 Å². The van der Waals surface area contributed by atoms with Gasteiger partial charge in [-0.1, -0.05) is 20.3 Å².